The second-order valence-electron chi connectivity index (χ2n) is 4.02. The molecule has 21 heavy (non-hydrogen) atoms. The highest BCUT2D eigenvalue weighted by atomic mass is 16.5. The molecule has 0 bridgehead atoms. The van der Waals surface area contributed by atoms with Crippen molar-refractivity contribution in [1.29, 1.82) is 0 Å². The molecule has 0 aliphatic carbocycles. The lowest BCUT2D eigenvalue weighted by Gasteiger charge is -2.09. The molecule has 5 N–H and O–H groups in total. The molecule has 0 unspecified atom stereocenters. The number of hydrogen-bond donors (Lipinski definition) is 4. The Bertz CT molecular complexity index is 519. The topological polar surface area (TPSA) is 123 Å². The summed E-state index contributed by atoms with van der Waals surface area (Å²) >= 11 is 0. The zero-order valence-electron chi connectivity index (χ0n) is 11.6. The average Bonchev–Trinajstić information content (AvgIpc) is 2.50. The fraction of sp³-hybridized carbons (Fsp3) is 0.308. The number of benzene rings is 1. The van der Waals surface area contributed by atoms with Crippen LogP contribution in [0.4, 0.5) is 5.69 Å². The van der Waals surface area contributed by atoms with Gasteiger partial charge in [0.25, 0.3) is 5.91 Å². The van der Waals surface area contributed by atoms with E-state index in [1.807, 2.05) is 0 Å². The molecular weight excluding hydrogens is 276 g/mol. The van der Waals surface area contributed by atoms with Crippen molar-refractivity contribution in [3.8, 4) is 5.75 Å². The number of amides is 3. The molecule has 0 saturated heterocycles. The third kappa shape index (κ3) is 6.39. The summed E-state index contributed by atoms with van der Waals surface area (Å²) in [6.07, 6.45) is 0. The summed E-state index contributed by atoms with van der Waals surface area (Å²) in [5, 5.41) is 7.37. The number of rotatable bonds is 7. The van der Waals surface area contributed by atoms with E-state index >= 15 is 0 Å². The first-order valence-electron chi connectivity index (χ1n) is 6.25. The molecule has 1 aromatic rings. The first-order chi connectivity index (χ1) is 10.0. The van der Waals surface area contributed by atoms with E-state index < -0.39 is 5.91 Å². The molecule has 0 aliphatic rings. The van der Waals surface area contributed by atoms with Gasteiger partial charge in [0.15, 0.2) is 6.61 Å². The Kier molecular flexibility index (Phi) is 6.69. The number of ether oxygens (including phenoxy) is 1. The molecule has 3 amide bonds. The molecule has 0 heterocycles. The van der Waals surface area contributed by atoms with Crippen LogP contribution in [0.2, 0.25) is 0 Å². The highest BCUT2D eigenvalue weighted by Crippen LogP contribution is 2.17. The van der Waals surface area contributed by atoms with Crippen LogP contribution in [-0.2, 0) is 14.4 Å². The van der Waals surface area contributed by atoms with Crippen LogP contribution in [0, 0.1) is 0 Å². The maximum Gasteiger partial charge on any atom is 0.257 e. The van der Waals surface area contributed by atoms with E-state index in [2.05, 4.69) is 16.0 Å². The summed E-state index contributed by atoms with van der Waals surface area (Å²) in [6, 6.07) is 6.57. The predicted molar refractivity (Wildman–Crippen MR) is 76.7 cm³/mol. The van der Waals surface area contributed by atoms with Gasteiger partial charge in [-0.05, 0) is 12.1 Å². The number of likely N-dealkylation sites (N-methyl/N-ethyl adjacent to an activating group) is 1. The fourth-order valence-electron chi connectivity index (χ4n) is 1.34. The Morgan fingerprint density at radius 1 is 1.19 bits per heavy atom. The zero-order valence-corrected chi connectivity index (χ0v) is 11.6. The molecule has 0 atom stereocenters. The molecule has 1 rings (SSSR count). The molecule has 8 heteroatoms. The second-order valence-corrected chi connectivity index (χ2v) is 4.02. The van der Waals surface area contributed by atoms with Crippen LogP contribution < -0.4 is 26.4 Å². The third-order valence-corrected chi connectivity index (χ3v) is 2.40. The van der Waals surface area contributed by atoms with Gasteiger partial charge in [-0.1, -0.05) is 6.07 Å². The summed E-state index contributed by atoms with van der Waals surface area (Å²) in [7, 11) is 1.51. The Morgan fingerprint density at radius 2 is 1.95 bits per heavy atom. The van der Waals surface area contributed by atoms with Crippen LogP contribution in [0.1, 0.15) is 0 Å². The summed E-state index contributed by atoms with van der Waals surface area (Å²) in [6.45, 7) is -0.448. The molecule has 8 nitrogen and oxygen atoms in total. The molecule has 0 aromatic heterocycles. The normalized spacial score (nSPS) is 9.62. The number of nitrogens with two attached hydrogens (primary N) is 1. The van der Waals surface area contributed by atoms with Crippen molar-refractivity contribution in [3.05, 3.63) is 24.3 Å². The van der Waals surface area contributed by atoms with E-state index in [4.69, 9.17) is 10.5 Å². The van der Waals surface area contributed by atoms with E-state index in [9.17, 15) is 14.4 Å². The maximum absolute atomic E-state index is 11.6. The van der Waals surface area contributed by atoms with Crippen LogP contribution in [0.25, 0.3) is 0 Å². The van der Waals surface area contributed by atoms with Crippen LogP contribution in [0.15, 0.2) is 24.3 Å². The monoisotopic (exact) mass is 294 g/mol. The Labute approximate surface area is 122 Å². The number of hydrogen-bond acceptors (Lipinski definition) is 5. The molecular formula is C13H18N4O4. The summed E-state index contributed by atoms with van der Waals surface area (Å²) in [4.78, 5) is 33.6. The molecule has 0 saturated carbocycles. The van der Waals surface area contributed by atoms with Gasteiger partial charge in [0.05, 0.1) is 13.1 Å². The third-order valence-electron chi connectivity index (χ3n) is 2.40. The Hall–Kier alpha value is -2.61. The van der Waals surface area contributed by atoms with Gasteiger partial charge in [-0.3, -0.25) is 14.4 Å². The first kappa shape index (κ1) is 16.4. The summed E-state index contributed by atoms with van der Waals surface area (Å²) < 4.78 is 5.25. The first-order valence-corrected chi connectivity index (χ1v) is 6.25. The largest absolute Gasteiger partial charge is 0.484 e. The minimum Gasteiger partial charge on any atom is -0.484 e. The van der Waals surface area contributed by atoms with E-state index in [1.165, 1.54) is 7.05 Å². The number of carbonyl (C=O) groups is 3. The maximum atomic E-state index is 11.6. The highest BCUT2D eigenvalue weighted by Gasteiger charge is 2.06. The molecule has 0 radical (unpaired) electrons. The van der Waals surface area contributed by atoms with E-state index in [-0.39, 0.29) is 31.5 Å². The van der Waals surface area contributed by atoms with Crippen molar-refractivity contribution < 1.29 is 19.1 Å². The van der Waals surface area contributed by atoms with Gasteiger partial charge >= 0.3 is 0 Å². The standard InChI is InChI=1S/C13H18N4O4/c1-15-13(20)8-21-10-4-2-3-9(5-10)17-12(19)7-16-11(18)6-14/h2-5H,6-8,14H2,1H3,(H,15,20)(H,16,18)(H,17,19). The van der Waals surface area contributed by atoms with Gasteiger partial charge in [0.2, 0.25) is 11.8 Å². The van der Waals surface area contributed by atoms with Crippen molar-refractivity contribution in [2.24, 2.45) is 5.73 Å². The van der Waals surface area contributed by atoms with Crippen molar-refractivity contribution >= 4 is 23.4 Å². The minimum atomic E-state index is -0.409. The van der Waals surface area contributed by atoms with Crippen LogP contribution in [0.3, 0.4) is 0 Å². The van der Waals surface area contributed by atoms with Crippen molar-refractivity contribution in [1.82, 2.24) is 10.6 Å². The van der Waals surface area contributed by atoms with Crippen LogP contribution in [0.5, 0.6) is 5.75 Å². The number of nitrogens with one attached hydrogen (secondary N) is 3. The van der Waals surface area contributed by atoms with Gasteiger partial charge in [0.1, 0.15) is 5.75 Å². The van der Waals surface area contributed by atoms with Crippen LogP contribution in [-0.4, -0.2) is 44.5 Å². The van der Waals surface area contributed by atoms with E-state index in [1.54, 1.807) is 24.3 Å². The van der Waals surface area contributed by atoms with Gasteiger partial charge < -0.3 is 26.4 Å². The Morgan fingerprint density at radius 3 is 2.62 bits per heavy atom. The lowest BCUT2D eigenvalue weighted by Crippen LogP contribution is -2.36. The molecule has 1 aromatic carbocycles. The average molecular weight is 294 g/mol. The zero-order chi connectivity index (χ0) is 15.7. The number of carbonyl (C=O) groups excluding carboxylic acids is 3. The lowest BCUT2D eigenvalue weighted by atomic mass is 10.3. The summed E-state index contributed by atoms with van der Waals surface area (Å²) in [5.74, 6) is -0.607. The molecule has 0 spiro atoms. The highest BCUT2D eigenvalue weighted by molar-refractivity contribution is 5.94. The quantitative estimate of drug-likeness (QED) is 0.504. The fourth-order valence-corrected chi connectivity index (χ4v) is 1.34. The second kappa shape index (κ2) is 8.54. The lowest BCUT2D eigenvalue weighted by molar-refractivity contribution is -0.123. The van der Waals surface area contributed by atoms with Crippen molar-refractivity contribution in [3.63, 3.8) is 0 Å². The van der Waals surface area contributed by atoms with Gasteiger partial charge in [0, 0.05) is 18.8 Å². The van der Waals surface area contributed by atoms with Crippen molar-refractivity contribution in [2.45, 2.75) is 0 Å². The SMILES string of the molecule is CNC(=O)COc1cccc(NC(=O)CNC(=O)CN)c1. The number of anilines is 1. The Balaban J connectivity index is 2.50. The van der Waals surface area contributed by atoms with Gasteiger partial charge in [-0.15, -0.1) is 0 Å². The predicted octanol–water partition coefficient (Wildman–Crippen LogP) is -1.18. The molecule has 114 valence electrons. The van der Waals surface area contributed by atoms with Crippen molar-refractivity contribution in [2.75, 3.05) is 32.1 Å². The van der Waals surface area contributed by atoms with Crippen LogP contribution >= 0.6 is 0 Å². The molecule has 0 fully saturated rings. The van der Waals surface area contributed by atoms with E-state index in [0.29, 0.717) is 11.4 Å². The molecule has 0 aliphatic heterocycles. The smallest absolute Gasteiger partial charge is 0.257 e. The van der Waals surface area contributed by atoms with E-state index in [0.717, 1.165) is 0 Å². The minimum absolute atomic E-state index is 0.111. The van der Waals surface area contributed by atoms with Gasteiger partial charge in [-0.2, -0.15) is 0 Å². The summed E-state index contributed by atoms with van der Waals surface area (Å²) in [5.41, 5.74) is 5.60. The van der Waals surface area contributed by atoms with Gasteiger partial charge in [-0.25, -0.2) is 0 Å².